The Kier molecular flexibility index (Phi) is 5.39. The molecule has 1 fully saturated rings. The maximum absolute atomic E-state index is 12.5. The molecule has 3 aromatic rings. The SMILES string of the molecule is CC1CC1c1cc(CC(=O)Cc2ccc(-c3nn(C(C)C)c(N)c3C(N)=O)cc2)on1. The van der Waals surface area contributed by atoms with Crippen LogP contribution >= 0.6 is 0 Å². The number of hydrogen-bond donors (Lipinski definition) is 2. The molecule has 1 aromatic carbocycles. The highest BCUT2D eigenvalue weighted by atomic mass is 16.5. The van der Waals surface area contributed by atoms with Gasteiger partial charge in [0.1, 0.15) is 28.6 Å². The molecule has 0 saturated heterocycles. The van der Waals surface area contributed by atoms with Crippen molar-refractivity contribution in [2.75, 3.05) is 5.73 Å². The van der Waals surface area contributed by atoms with E-state index in [4.69, 9.17) is 16.0 Å². The zero-order valence-electron chi connectivity index (χ0n) is 18.0. The first-order valence-electron chi connectivity index (χ1n) is 10.5. The van der Waals surface area contributed by atoms with Gasteiger partial charge in [-0.3, -0.25) is 9.59 Å². The number of amides is 1. The van der Waals surface area contributed by atoms with Crippen molar-refractivity contribution in [1.82, 2.24) is 14.9 Å². The number of rotatable bonds is 8. The van der Waals surface area contributed by atoms with E-state index in [9.17, 15) is 9.59 Å². The van der Waals surface area contributed by atoms with Gasteiger partial charge in [0.25, 0.3) is 5.91 Å². The van der Waals surface area contributed by atoms with Crippen molar-refractivity contribution in [3.05, 3.63) is 52.9 Å². The van der Waals surface area contributed by atoms with Crippen molar-refractivity contribution >= 4 is 17.5 Å². The van der Waals surface area contributed by atoms with Gasteiger partial charge in [-0.15, -0.1) is 0 Å². The molecule has 8 heteroatoms. The third-order valence-corrected chi connectivity index (χ3v) is 5.75. The zero-order valence-corrected chi connectivity index (χ0v) is 18.0. The number of nitrogens with zero attached hydrogens (tertiary/aromatic N) is 3. The van der Waals surface area contributed by atoms with E-state index in [1.54, 1.807) is 4.68 Å². The lowest BCUT2D eigenvalue weighted by Crippen LogP contribution is -2.15. The fourth-order valence-corrected chi connectivity index (χ4v) is 3.87. The van der Waals surface area contributed by atoms with Crippen LogP contribution in [0.2, 0.25) is 0 Å². The highest BCUT2D eigenvalue weighted by Crippen LogP contribution is 2.46. The Bertz CT molecular complexity index is 1130. The molecule has 1 saturated carbocycles. The number of aromatic nitrogens is 3. The molecule has 2 aromatic heterocycles. The lowest BCUT2D eigenvalue weighted by Gasteiger charge is -2.06. The first-order valence-corrected chi connectivity index (χ1v) is 10.5. The monoisotopic (exact) mass is 421 g/mol. The number of nitrogen functional groups attached to an aromatic ring is 1. The Balaban J connectivity index is 1.46. The van der Waals surface area contributed by atoms with Gasteiger partial charge in [-0.25, -0.2) is 4.68 Å². The topological polar surface area (TPSA) is 130 Å². The third kappa shape index (κ3) is 4.23. The van der Waals surface area contributed by atoms with Crippen LogP contribution in [0, 0.1) is 5.92 Å². The van der Waals surface area contributed by atoms with Crippen LogP contribution in [0.4, 0.5) is 5.82 Å². The summed E-state index contributed by atoms with van der Waals surface area (Å²) < 4.78 is 6.92. The van der Waals surface area contributed by atoms with E-state index >= 15 is 0 Å². The molecule has 1 aliphatic rings. The molecule has 2 heterocycles. The van der Waals surface area contributed by atoms with E-state index in [2.05, 4.69) is 17.2 Å². The van der Waals surface area contributed by atoms with Crippen LogP contribution in [0.1, 0.15) is 66.5 Å². The Hall–Kier alpha value is -3.42. The molecule has 31 heavy (non-hydrogen) atoms. The van der Waals surface area contributed by atoms with Crippen LogP contribution < -0.4 is 11.5 Å². The molecule has 2 atom stereocenters. The Labute approximate surface area is 180 Å². The molecule has 162 valence electrons. The van der Waals surface area contributed by atoms with Gasteiger partial charge in [-0.1, -0.05) is 36.3 Å². The molecule has 0 aliphatic heterocycles. The van der Waals surface area contributed by atoms with Gasteiger partial charge in [0.2, 0.25) is 0 Å². The molecular weight excluding hydrogens is 394 g/mol. The first kappa shape index (κ1) is 20.8. The summed E-state index contributed by atoms with van der Waals surface area (Å²) in [6.45, 7) is 6.03. The molecule has 0 bridgehead atoms. The van der Waals surface area contributed by atoms with Crippen LogP contribution in [0.5, 0.6) is 0 Å². The van der Waals surface area contributed by atoms with Crippen molar-refractivity contribution < 1.29 is 14.1 Å². The van der Waals surface area contributed by atoms with Gasteiger partial charge in [0, 0.05) is 30.0 Å². The van der Waals surface area contributed by atoms with E-state index in [1.165, 1.54) is 0 Å². The fraction of sp³-hybridized carbons (Fsp3) is 0.391. The summed E-state index contributed by atoms with van der Waals surface area (Å²) >= 11 is 0. The van der Waals surface area contributed by atoms with Gasteiger partial charge in [-0.2, -0.15) is 5.10 Å². The lowest BCUT2D eigenvalue weighted by atomic mass is 10.0. The molecule has 2 unspecified atom stereocenters. The van der Waals surface area contributed by atoms with Crippen molar-refractivity contribution in [2.45, 2.75) is 52.0 Å². The average Bonchev–Trinajstić information content (AvgIpc) is 3.10. The second kappa shape index (κ2) is 8.02. The smallest absolute Gasteiger partial charge is 0.254 e. The van der Waals surface area contributed by atoms with E-state index < -0.39 is 5.91 Å². The molecular formula is C23H27N5O3. The van der Waals surface area contributed by atoms with Gasteiger partial charge < -0.3 is 16.0 Å². The largest absolute Gasteiger partial charge is 0.383 e. The third-order valence-electron chi connectivity index (χ3n) is 5.75. The molecule has 1 amide bonds. The second-order valence-electron chi connectivity index (χ2n) is 8.64. The van der Waals surface area contributed by atoms with Crippen molar-refractivity contribution in [1.29, 1.82) is 0 Å². The average molecular weight is 422 g/mol. The summed E-state index contributed by atoms with van der Waals surface area (Å²) in [5.41, 5.74) is 14.8. The standard InChI is InChI=1S/C23H27N5O3/c1-12(2)28-22(24)20(23(25)30)21(26-28)15-6-4-14(5-7-15)9-16(29)10-17-11-19(27-31-17)18-8-13(18)3/h4-7,11-13,18H,8-10,24H2,1-3H3,(H2,25,30). The van der Waals surface area contributed by atoms with Crippen LogP contribution in [0.25, 0.3) is 11.3 Å². The fourth-order valence-electron chi connectivity index (χ4n) is 3.87. The predicted molar refractivity (Wildman–Crippen MR) is 116 cm³/mol. The Morgan fingerprint density at radius 1 is 1.23 bits per heavy atom. The van der Waals surface area contributed by atoms with Crippen molar-refractivity contribution in [3.63, 3.8) is 0 Å². The number of carbonyl (C=O) groups excluding carboxylic acids is 2. The summed E-state index contributed by atoms with van der Waals surface area (Å²) in [6.07, 6.45) is 1.63. The summed E-state index contributed by atoms with van der Waals surface area (Å²) in [6, 6.07) is 9.23. The predicted octanol–water partition coefficient (Wildman–Crippen LogP) is 3.28. The normalized spacial score (nSPS) is 17.8. The van der Waals surface area contributed by atoms with Crippen LogP contribution in [-0.2, 0) is 17.6 Å². The Morgan fingerprint density at radius 2 is 1.90 bits per heavy atom. The zero-order chi connectivity index (χ0) is 22.3. The highest BCUT2D eigenvalue weighted by molar-refractivity contribution is 6.03. The number of benzene rings is 1. The van der Waals surface area contributed by atoms with Crippen LogP contribution in [-0.4, -0.2) is 26.6 Å². The van der Waals surface area contributed by atoms with E-state index in [0.717, 1.165) is 23.2 Å². The number of anilines is 1. The minimum absolute atomic E-state index is 0.0107. The van der Waals surface area contributed by atoms with Crippen molar-refractivity contribution in [2.24, 2.45) is 11.7 Å². The van der Waals surface area contributed by atoms with E-state index in [-0.39, 0.29) is 36.0 Å². The summed E-state index contributed by atoms with van der Waals surface area (Å²) in [5, 5.41) is 8.57. The lowest BCUT2D eigenvalue weighted by molar-refractivity contribution is -0.118. The molecule has 4 rings (SSSR count). The number of carbonyl (C=O) groups is 2. The number of primary amides is 1. The van der Waals surface area contributed by atoms with Gasteiger partial charge in [-0.05, 0) is 31.7 Å². The summed E-state index contributed by atoms with van der Waals surface area (Å²) in [7, 11) is 0. The molecule has 0 spiro atoms. The minimum Gasteiger partial charge on any atom is -0.383 e. The maximum Gasteiger partial charge on any atom is 0.254 e. The highest BCUT2D eigenvalue weighted by Gasteiger charge is 2.36. The number of Topliss-reactive ketones (excluding diaryl/α,β-unsaturated/α-hetero) is 1. The summed E-state index contributed by atoms with van der Waals surface area (Å²) in [5.74, 6) is 1.40. The van der Waals surface area contributed by atoms with Gasteiger partial charge in [0.15, 0.2) is 0 Å². The summed E-state index contributed by atoms with van der Waals surface area (Å²) in [4.78, 5) is 24.4. The van der Waals surface area contributed by atoms with Crippen LogP contribution in [0.15, 0.2) is 34.9 Å². The first-order chi connectivity index (χ1) is 14.7. The molecule has 0 radical (unpaired) electrons. The van der Waals surface area contributed by atoms with Crippen LogP contribution in [0.3, 0.4) is 0 Å². The Morgan fingerprint density at radius 3 is 2.48 bits per heavy atom. The molecule has 4 N–H and O–H groups in total. The maximum atomic E-state index is 12.5. The quantitative estimate of drug-likeness (QED) is 0.574. The van der Waals surface area contributed by atoms with Gasteiger partial charge >= 0.3 is 0 Å². The number of nitrogens with two attached hydrogens (primary N) is 2. The number of hydrogen-bond acceptors (Lipinski definition) is 6. The second-order valence-corrected chi connectivity index (χ2v) is 8.64. The van der Waals surface area contributed by atoms with Gasteiger partial charge in [0.05, 0.1) is 12.1 Å². The minimum atomic E-state index is -0.620. The van der Waals surface area contributed by atoms with E-state index in [1.807, 2.05) is 44.2 Å². The number of ketones is 1. The molecule has 1 aliphatic carbocycles. The molecule has 8 nitrogen and oxygen atoms in total. The van der Waals surface area contributed by atoms with E-state index in [0.29, 0.717) is 23.3 Å². The van der Waals surface area contributed by atoms with Crippen molar-refractivity contribution in [3.8, 4) is 11.3 Å².